The van der Waals surface area contributed by atoms with Crippen molar-refractivity contribution in [2.24, 2.45) is 0 Å². The van der Waals surface area contributed by atoms with Crippen LogP contribution in [-0.2, 0) is 0 Å². The van der Waals surface area contributed by atoms with Gasteiger partial charge in [-0.05, 0) is 25.1 Å². The van der Waals surface area contributed by atoms with E-state index < -0.39 is 0 Å². The van der Waals surface area contributed by atoms with Gasteiger partial charge in [0.2, 0.25) is 0 Å². The van der Waals surface area contributed by atoms with E-state index in [9.17, 15) is 4.79 Å². The molecule has 3 rings (SSSR count). The highest BCUT2D eigenvalue weighted by atomic mass is 16.1. The van der Waals surface area contributed by atoms with Gasteiger partial charge < -0.3 is 4.98 Å². The first kappa shape index (κ1) is 8.16. The number of aryl methyl sites for hydroxylation is 1. The van der Waals surface area contributed by atoms with Crippen LogP contribution in [0.15, 0.2) is 29.2 Å². The van der Waals surface area contributed by atoms with Crippen molar-refractivity contribution >= 4 is 16.7 Å². The second-order valence-corrected chi connectivity index (χ2v) is 3.41. The van der Waals surface area contributed by atoms with Crippen molar-refractivity contribution in [3.63, 3.8) is 0 Å². The SMILES string of the molecule is Cc1cc2c(=O)[nH]c3cccnc3n2n1. The normalized spacial score (nSPS) is 11.3. The van der Waals surface area contributed by atoms with E-state index in [1.165, 1.54) is 0 Å². The molecule has 0 saturated heterocycles. The molecular formula is C10H8N4O. The molecule has 0 unspecified atom stereocenters. The van der Waals surface area contributed by atoms with Crippen molar-refractivity contribution in [3.8, 4) is 0 Å². The van der Waals surface area contributed by atoms with Gasteiger partial charge in [-0.25, -0.2) is 9.50 Å². The van der Waals surface area contributed by atoms with Gasteiger partial charge in [0, 0.05) is 6.20 Å². The van der Waals surface area contributed by atoms with E-state index in [-0.39, 0.29) is 5.56 Å². The lowest BCUT2D eigenvalue weighted by atomic mass is 10.4. The molecule has 3 aromatic rings. The van der Waals surface area contributed by atoms with Crippen molar-refractivity contribution in [1.29, 1.82) is 0 Å². The first-order valence-electron chi connectivity index (χ1n) is 4.59. The van der Waals surface area contributed by atoms with E-state index >= 15 is 0 Å². The lowest BCUT2D eigenvalue weighted by Crippen LogP contribution is -2.10. The first-order chi connectivity index (χ1) is 7.25. The summed E-state index contributed by atoms with van der Waals surface area (Å²) in [4.78, 5) is 18.6. The van der Waals surface area contributed by atoms with Gasteiger partial charge in [-0.3, -0.25) is 4.79 Å². The van der Waals surface area contributed by atoms with E-state index in [0.717, 1.165) is 5.69 Å². The third-order valence-corrected chi connectivity index (χ3v) is 2.30. The molecule has 0 fully saturated rings. The fraction of sp³-hybridized carbons (Fsp3) is 0.100. The summed E-state index contributed by atoms with van der Waals surface area (Å²) < 4.78 is 1.57. The minimum Gasteiger partial charge on any atom is -0.317 e. The zero-order valence-electron chi connectivity index (χ0n) is 8.06. The van der Waals surface area contributed by atoms with Crippen molar-refractivity contribution in [1.82, 2.24) is 19.6 Å². The van der Waals surface area contributed by atoms with Gasteiger partial charge >= 0.3 is 0 Å². The van der Waals surface area contributed by atoms with Crippen molar-refractivity contribution < 1.29 is 0 Å². The van der Waals surface area contributed by atoms with Crippen molar-refractivity contribution in [3.05, 3.63) is 40.4 Å². The Labute approximate surface area is 84.4 Å². The smallest absolute Gasteiger partial charge is 0.274 e. The molecule has 5 nitrogen and oxygen atoms in total. The number of rotatable bonds is 0. The predicted octanol–water partition coefficient (Wildman–Crippen LogP) is 0.879. The summed E-state index contributed by atoms with van der Waals surface area (Å²) >= 11 is 0. The number of pyridine rings is 1. The molecule has 0 atom stereocenters. The Morgan fingerprint density at radius 1 is 1.47 bits per heavy atom. The quantitative estimate of drug-likeness (QED) is 0.586. The van der Waals surface area contributed by atoms with Crippen LogP contribution in [0.25, 0.3) is 16.7 Å². The highest BCUT2D eigenvalue weighted by Gasteiger charge is 2.06. The zero-order valence-corrected chi connectivity index (χ0v) is 8.06. The molecule has 3 heterocycles. The number of fused-ring (bicyclic) bond motifs is 3. The van der Waals surface area contributed by atoms with Crippen LogP contribution < -0.4 is 5.56 Å². The van der Waals surface area contributed by atoms with Gasteiger partial charge in [-0.2, -0.15) is 5.10 Å². The Bertz CT molecular complexity index is 710. The third-order valence-electron chi connectivity index (χ3n) is 2.30. The molecule has 0 amide bonds. The van der Waals surface area contributed by atoms with Gasteiger partial charge in [0.1, 0.15) is 5.52 Å². The average molecular weight is 200 g/mol. The van der Waals surface area contributed by atoms with Crippen LogP contribution in [-0.4, -0.2) is 19.6 Å². The molecule has 74 valence electrons. The standard InChI is InChI=1S/C10H8N4O/c1-6-5-8-10(15)12-7-3-2-4-11-9(7)14(8)13-6/h2-5H,1H3,(H,12,15). The van der Waals surface area contributed by atoms with Crippen LogP contribution in [0.4, 0.5) is 0 Å². The number of aromatic nitrogens is 4. The molecule has 0 aromatic carbocycles. The molecule has 0 saturated carbocycles. The monoisotopic (exact) mass is 200 g/mol. The van der Waals surface area contributed by atoms with Crippen LogP contribution in [0, 0.1) is 6.92 Å². The first-order valence-corrected chi connectivity index (χ1v) is 4.59. The Morgan fingerprint density at radius 2 is 2.33 bits per heavy atom. The topological polar surface area (TPSA) is 63.0 Å². The maximum atomic E-state index is 11.7. The molecule has 15 heavy (non-hydrogen) atoms. The Balaban J connectivity index is 2.69. The zero-order chi connectivity index (χ0) is 10.4. The molecule has 3 aromatic heterocycles. The lowest BCUT2D eigenvalue weighted by Gasteiger charge is -1.98. The Morgan fingerprint density at radius 3 is 3.20 bits per heavy atom. The fourth-order valence-corrected chi connectivity index (χ4v) is 1.67. The maximum absolute atomic E-state index is 11.7. The Kier molecular flexibility index (Phi) is 1.45. The van der Waals surface area contributed by atoms with E-state index in [1.807, 2.05) is 6.92 Å². The second-order valence-electron chi connectivity index (χ2n) is 3.41. The molecule has 0 radical (unpaired) electrons. The minimum atomic E-state index is -0.142. The highest BCUT2D eigenvalue weighted by Crippen LogP contribution is 2.08. The minimum absolute atomic E-state index is 0.142. The van der Waals surface area contributed by atoms with Gasteiger partial charge in [-0.1, -0.05) is 0 Å². The van der Waals surface area contributed by atoms with Crippen LogP contribution in [0.3, 0.4) is 0 Å². The van der Waals surface area contributed by atoms with Crippen LogP contribution in [0.2, 0.25) is 0 Å². The van der Waals surface area contributed by atoms with Crippen LogP contribution in [0.5, 0.6) is 0 Å². The molecule has 0 spiro atoms. The maximum Gasteiger partial charge on any atom is 0.274 e. The highest BCUT2D eigenvalue weighted by molar-refractivity contribution is 5.73. The van der Waals surface area contributed by atoms with Gasteiger partial charge in [0.15, 0.2) is 5.65 Å². The molecule has 0 aliphatic rings. The average Bonchev–Trinajstić information content (AvgIpc) is 2.61. The van der Waals surface area contributed by atoms with Gasteiger partial charge in [-0.15, -0.1) is 0 Å². The molecular weight excluding hydrogens is 192 g/mol. The number of hydrogen-bond donors (Lipinski definition) is 1. The van der Waals surface area contributed by atoms with Crippen molar-refractivity contribution in [2.45, 2.75) is 6.92 Å². The van der Waals surface area contributed by atoms with E-state index in [2.05, 4.69) is 15.1 Å². The van der Waals surface area contributed by atoms with Gasteiger partial charge in [0.25, 0.3) is 5.56 Å². The summed E-state index contributed by atoms with van der Waals surface area (Å²) in [5, 5.41) is 4.24. The Hall–Kier alpha value is -2.17. The number of nitrogens with zero attached hydrogens (tertiary/aromatic N) is 3. The summed E-state index contributed by atoms with van der Waals surface area (Å²) in [6.07, 6.45) is 1.68. The molecule has 1 N–H and O–H groups in total. The summed E-state index contributed by atoms with van der Waals surface area (Å²) in [6.45, 7) is 1.85. The number of nitrogens with one attached hydrogen (secondary N) is 1. The second kappa shape index (κ2) is 2.66. The molecule has 0 aliphatic carbocycles. The van der Waals surface area contributed by atoms with E-state index in [1.54, 1.807) is 28.9 Å². The van der Waals surface area contributed by atoms with E-state index in [0.29, 0.717) is 16.7 Å². The summed E-state index contributed by atoms with van der Waals surface area (Å²) in [7, 11) is 0. The third kappa shape index (κ3) is 1.06. The lowest BCUT2D eigenvalue weighted by molar-refractivity contribution is 0.941. The number of aromatic amines is 1. The van der Waals surface area contributed by atoms with E-state index in [4.69, 9.17) is 0 Å². The number of hydrogen-bond acceptors (Lipinski definition) is 3. The number of H-pyrrole nitrogens is 1. The van der Waals surface area contributed by atoms with Crippen LogP contribution >= 0.6 is 0 Å². The largest absolute Gasteiger partial charge is 0.317 e. The molecule has 0 aliphatic heterocycles. The predicted molar refractivity (Wildman–Crippen MR) is 55.9 cm³/mol. The summed E-state index contributed by atoms with van der Waals surface area (Å²) in [5.74, 6) is 0. The van der Waals surface area contributed by atoms with Gasteiger partial charge in [0.05, 0.1) is 11.2 Å². The molecule has 5 heteroatoms. The fourth-order valence-electron chi connectivity index (χ4n) is 1.67. The summed E-state index contributed by atoms with van der Waals surface area (Å²) in [6, 6.07) is 5.33. The molecule has 0 bridgehead atoms. The summed E-state index contributed by atoms with van der Waals surface area (Å²) in [5.41, 5.74) is 2.55. The van der Waals surface area contributed by atoms with Crippen LogP contribution in [0.1, 0.15) is 5.69 Å². The van der Waals surface area contributed by atoms with Crippen molar-refractivity contribution in [2.75, 3.05) is 0 Å².